The lowest BCUT2D eigenvalue weighted by Gasteiger charge is -2.23. The highest BCUT2D eigenvalue weighted by Crippen LogP contribution is 2.31. The van der Waals surface area contributed by atoms with Gasteiger partial charge in [0.1, 0.15) is 5.82 Å². The molecule has 0 heterocycles. The van der Waals surface area contributed by atoms with Crippen molar-refractivity contribution in [2.45, 2.75) is 37.6 Å². The van der Waals surface area contributed by atoms with E-state index < -0.39 is 0 Å². The zero-order chi connectivity index (χ0) is 10.9. The lowest BCUT2D eigenvalue weighted by molar-refractivity contribution is 0.436. The predicted octanol–water partition coefficient (Wildman–Crippen LogP) is 3.40. The van der Waals surface area contributed by atoms with Crippen LogP contribution in [0.25, 0.3) is 0 Å². The first-order valence-corrected chi connectivity index (χ1v) is 6.11. The molecule has 0 bridgehead atoms. The highest BCUT2D eigenvalue weighted by Gasteiger charge is 2.29. The first-order chi connectivity index (χ1) is 7.09. The van der Waals surface area contributed by atoms with Crippen LogP contribution in [0.5, 0.6) is 0 Å². The summed E-state index contributed by atoms with van der Waals surface area (Å²) in [5.41, 5.74) is 7.33. The van der Waals surface area contributed by atoms with Crippen molar-refractivity contribution in [1.29, 1.82) is 0 Å². The van der Waals surface area contributed by atoms with Crippen molar-refractivity contribution >= 4 is 15.9 Å². The van der Waals surface area contributed by atoms with Crippen molar-refractivity contribution in [3.05, 3.63) is 34.1 Å². The van der Waals surface area contributed by atoms with E-state index in [0.717, 1.165) is 24.8 Å². The van der Waals surface area contributed by atoms with Gasteiger partial charge in [-0.25, -0.2) is 4.39 Å². The zero-order valence-electron chi connectivity index (χ0n) is 8.60. The first-order valence-electron chi connectivity index (χ1n) is 5.32. The van der Waals surface area contributed by atoms with Crippen LogP contribution in [0.4, 0.5) is 4.39 Å². The van der Waals surface area contributed by atoms with Crippen LogP contribution in [-0.2, 0) is 6.42 Å². The van der Waals surface area contributed by atoms with Crippen molar-refractivity contribution < 1.29 is 4.39 Å². The van der Waals surface area contributed by atoms with E-state index in [1.165, 1.54) is 18.9 Å². The van der Waals surface area contributed by atoms with Gasteiger partial charge in [0, 0.05) is 5.54 Å². The van der Waals surface area contributed by atoms with Gasteiger partial charge in [0.25, 0.3) is 0 Å². The summed E-state index contributed by atoms with van der Waals surface area (Å²) in [5, 5.41) is 0. The van der Waals surface area contributed by atoms with Gasteiger partial charge in [0.2, 0.25) is 0 Å². The molecule has 0 aromatic heterocycles. The fraction of sp³-hybridized carbons (Fsp3) is 0.500. The van der Waals surface area contributed by atoms with E-state index in [9.17, 15) is 4.39 Å². The molecule has 0 unspecified atom stereocenters. The fourth-order valence-corrected chi connectivity index (χ4v) is 2.74. The Kier molecular flexibility index (Phi) is 3.12. The molecule has 15 heavy (non-hydrogen) atoms. The van der Waals surface area contributed by atoms with E-state index in [-0.39, 0.29) is 11.4 Å². The lowest BCUT2D eigenvalue weighted by atomic mass is 9.90. The summed E-state index contributed by atoms with van der Waals surface area (Å²) in [4.78, 5) is 0. The topological polar surface area (TPSA) is 26.0 Å². The normalized spacial score (nSPS) is 19.4. The monoisotopic (exact) mass is 271 g/mol. The standard InChI is InChI=1S/C12H15BrFN/c13-10-7-9(3-4-11(10)14)8-12(15)5-1-2-6-12/h3-4,7H,1-2,5-6,8,15H2. The van der Waals surface area contributed by atoms with Crippen LogP contribution >= 0.6 is 15.9 Å². The largest absolute Gasteiger partial charge is 0.325 e. The zero-order valence-corrected chi connectivity index (χ0v) is 10.2. The molecule has 1 fully saturated rings. The number of rotatable bonds is 2. The number of halogens is 2. The maximum atomic E-state index is 13.0. The van der Waals surface area contributed by atoms with Crippen molar-refractivity contribution in [2.24, 2.45) is 5.73 Å². The molecule has 1 aliphatic carbocycles. The molecular formula is C12H15BrFN. The molecule has 1 saturated carbocycles. The third kappa shape index (κ3) is 2.58. The highest BCUT2D eigenvalue weighted by molar-refractivity contribution is 9.10. The summed E-state index contributed by atoms with van der Waals surface area (Å²) < 4.78 is 13.6. The van der Waals surface area contributed by atoms with Crippen LogP contribution in [0.1, 0.15) is 31.2 Å². The number of benzene rings is 1. The minimum atomic E-state index is -0.212. The van der Waals surface area contributed by atoms with Crippen molar-refractivity contribution in [3.8, 4) is 0 Å². The highest BCUT2D eigenvalue weighted by atomic mass is 79.9. The predicted molar refractivity (Wildman–Crippen MR) is 63.2 cm³/mol. The second-order valence-electron chi connectivity index (χ2n) is 4.49. The minimum absolute atomic E-state index is 0.0583. The lowest BCUT2D eigenvalue weighted by Crippen LogP contribution is -2.38. The van der Waals surface area contributed by atoms with Gasteiger partial charge in [0.15, 0.2) is 0 Å². The van der Waals surface area contributed by atoms with Crippen LogP contribution in [0, 0.1) is 5.82 Å². The Morgan fingerprint density at radius 2 is 2.00 bits per heavy atom. The van der Waals surface area contributed by atoms with E-state index in [0.29, 0.717) is 4.47 Å². The minimum Gasteiger partial charge on any atom is -0.325 e. The molecule has 2 N–H and O–H groups in total. The van der Waals surface area contributed by atoms with Crippen LogP contribution in [-0.4, -0.2) is 5.54 Å². The number of hydrogen-bond donors (Lipinski definition) is 1. The molecule has 0 spiro atoms. The van der Waals surface area contributed by atoms with Crippen LogP contribution < -0.4 is 5.73 Å². The van der Waals surface area contributed by atoms with Crippen molar-refractivity contribution in [1.82, 2.24) is 0 Å². The average molecular weight is 272 g/mol. The van der Waals surface area contributed by atoms with Gasteiger partial charge >= 0.3 is 0 Å². The Morgan fingerprint density at radius 3 is 2.60 bits per heavy atom. The van der Waals surface area contributed by atoms with E-state index in [1.54, 1.807) is 0 Å². The quantitative estimate of drug-likeness (QED) is 0.877. The molecule has 0 atom stereocenters. The van der Waals surface area contributed by atoms with Crippen molar-refractivity contribution in [3.63, 3.8) is 0 Å². The molecule has 0 aliphatic heterocycles. The molecule has 2 rings (SSSR count). The molecule has 0 radical (unpaired) electrons. The maximum Gasteiger partial charge on any atom is 0.137 e. The van der Waals surface area contributed by atoms with E-state index >= 15 is 0 Å². The van der Waals surface area contributed by atoms with Gasteiger partial charge in [-0.15, -0.1) is 0 Å². The van der Waals surface area contributed by atoms with Gasteiger partial charge in [-0.05, 0) is 52.9 Å². The van der Waals surface area contributed by atoms with Crippen LogP contribution in [0.3, 0.4) is 0 Å². The third-order valence-corrected chi connectivity index (χ3v) is 3.75. The number of hydrogen-bond acceptors (Lipinski definition) is 1. The summed E-state index contributed by atoms with van der Waals surface area (Å²) in [6.07, 6.45) is 5.47. The molecule has 0 saturated heterocycles. The third-order valence-electron chi connectivity index (χ3n) is 3.14. The van der Waals surface area contributed by atoms with Crippen molar-refractivity contribution in [2.75, 3.05) is 0 Å². The second kappa shape index (κ2) is 4.22. The summed E-state index contributed by atoms with van der Waals surface area (Å²) in [6, 6.07) is 5.16. The van der Waals surface area contributed by atoms with Crippen LogP contribution in [0.2, 0.25) is 0 Å². The molecule has 1 nitrogen and oxygen atoms in total. The van der Waals surface area contributed by atoms with Crippen LogP contribution in [0.15, 0.2) is 22.7 Å². The molecule has 1 aromatic rings. The Hall–Kier alpha value is -0.410. The first kappa shape index (κ1) is 11.1. The Morgan fingerprint density at radius 1 is 1.33 bits per heavy atom. The molecular weight excluding hydrogens is 257 g/mol. The Bertz CT molecular complexity index is 359. The average Bonchev–Trinajstić information content (AvgIpc) is 2.59. The Balaban J connectivity index is 2.13. The molecule has 82 valence electrons. The van der Waals surface area contributed by atoms with Gasteiger partial charge in [-0.3, -0.25) is 0 Å². The fourth-order valence-electron chi connectivity index (χ4n) is 2.31. The smallest absolute Gasteiger partial charge is 0.137 e. The van der Waals surface area contributed by atoms with E-state index in [4.69, 9.17) is 5.73 Å². The van der Waals surface area contributed by atoms with Gasteiger partial charge in [0.05, 0.1) is 4.47 Å². The Labute approximate surface area is 98.0 Å². The second-order valence-corrected chi connectivity index (χ2v) is 5.35. The van der Waals surface area contributed by atoms with Gasteiger partial charge in [-0.1, -0.05) is 18.9 Å². The molecule has 3 heteroatoms. The summed E-state index contributed by atoms with van der Waals surface area (Å²) in [6.45, 7) is 0. The van der Waals surface area contributed by atoms with E-state index in [1.807, 2.05) is 12.1 Å². The molecule has 0 amide bonds. The molecule has 1 aromatic carbocycles. The summed E-state index contributed by atoms with van der Waals surface area (Å²) in [5.74, 6) is -0.212. The summed E-state index contributed by atoms with van der Waals surface area (Å²) in [7, 11) is 0. The number of nitrogens with two attached hydrogens (primary N) is 1. The van der Waals surface area contributed by atoms with Gasteiger partial charge in [-0.2, -0.15) is 0 Å². The van der Waals surface area contributed by atoms with E-state index in [2.05, 4.69) is 15.9 Å². The molecule has 1 aliphatic rings. The maximum absolute atomic E-state index is 13.0. The summed E-state index contributed by atoms with van der Waals surface area (Å²) >= 11 is 3.20. The SMILES string of the molecule is NC1(Cc2ccc(F)c(Br)c2)CCCC1. The van der Waals surface area contributed by atoms with Gasteiger partial charge < -0.3 is 5.73 Å².